The van der Waals surface area contributed by atoms with E-state index in [-0.39, 0.29) is 46.1 Å². The van der Waals surface area contributed by atoms with Gasteiger partial charge in [0.2, 0.25) is 0 Å². The molecule has 8 heteroatoms. The van der Waals surface area contributed by atoms with Gasteiger partial charge in [0.1, 0.15) is 11.5 Å². The number of anilines is 1. The van der Waals surface area contributed by atoms with Crippen LogP contribution in [0.25, 0.3) is 0 Å². The number of rotatable bonds is 7. The summed E-state index contributed by atoms with van der Waals surface area (Å²) in [4.78, 5) is 41.2. The number of ether oxygens (including phenoxy) is 2. The first-order chi connectivity index (χ1) is 18.4. The summed E-state index contributed by atoms with van der Waals surface area (Å²) in [5, 5.41) is 10.2. The fourth-order valence-electron chi connectivity index (χ4n) is 4.54. The third kappa shape index (κ3) is 4.77. The summed E-state index contributed by atoms with van der Waals surface area (Å²) in [6.45, 7) is 0. The molecule has 0 bridgehead atoms. The monoisotopic (exact) mass is 507 g/mol. The van der Waals surface area contributed by atoms with E-state index in [1.807, 2.05) is 30.3 Å². The van der Waals surface area contributed by atoms with Crippen molar-refractivity contribution in [3.05, 3.63) is 124 Å². The van der Waals surface area contributed by atoms with Gasteiger partial charge in [-0.1, -0.05) is 72.8 Å². The molecular weight excluding hydrogens is 482 g/mol. The van der Waals surface area contributed by atoms with Crippen molar-refractivity contribution in [3.8, 4) is 6.07 Å². The minimum Gasteiger partial charge on any atom is -0.466 e. The van der Waals surface area contributed by atoms with Gasteiger partial charge in [-0.25, -0.2) is 9.59 Å². The molecule has 1 aliphatic rings. The first-order valence-corrected chi connectivity index (χ1v) is 11.7. The Hall–Kier alpha value is -5.16. The lowest BCUT2D eigenvalue weighted by atomic mass is 9.80. The predicted octanol–water partition coefficient (Wildman–Crippen LogP) is 4.01. The van der Waals surface area contributed by atoms with Crippen molar-refractivity contribution < 1.29 is 23.9 Å². The number of Topliss-reactive ketones (excluding diaryl/α,β-unsaturated/α-hetero) is 1. The first kappa shape index (κ1) is 25.9. The molecule has 2 N–H and O–H groups in total. The molecule has 0 saturated heterocycles. The maximum atomic E-state index is 13.5. The summed E-state index contributed by atoms with van der Waals surface area (Å²) >= 11 is 0. The summed E-state index contributed by atoms with van der Waals surface area (Å²) in [5.41, 5.74) is 8.08. The Morgan fingerprint density at radius 1 is 0.868 bits per heavy atom. The zero-order chi connectivity index (χ0) is 27.2. The van der Waals surface area contributed by atoms with Gasteiger partial charge in [0.05, 0.1) is 43.0 Å². The number of esters is 2. The Morgan fingerprint density at radius 2 is 1.45 bits per heavy atom. The molecule has 0 amide bonds. The average molecular weight is 508 g/mol. The van der Waals surface area contributed by atoms with E-state index in [2.05, 4.69) is 6.07 Å². The number of nitrogens with zero attached hydrogens (tertiary/aromatic N) is 2. The lowest BCUT2D eigenvalue weighted by Crippen LogP contribution is -2.41. The average Bonchev–Trinajstić information content (AvgIpc) is 2.96. The summed E-state index contributed by atoms with van der Waals surface area (Å²) in [5.74, 6) is -3.05. The molecule has 0 aromatic heterocycles. The van der Waals surface area contributed by atoms with Crippen LogP contribution in [0.5, 0.6) is 0 Å². The minimum atomic E-state index is -0.994. The van der Waals surface area contributed by atoms with E-state index in [4.69, 9.17) is 15.2 Å². The Bertz CT molecular complexity index is 1490. The van der Waals surface area contributed by atoms with Crippen molar-refractivity contribution in [1.29, 1.82) is 5.26 Å². The van der Waals surface area contributed by atoms with Crippen molar-refractivity contribution in [2.75, 3.05) is 19.1 Å². The second-order valence-corrected chi connectivity index (χ2v) is 8.44. The first-order valence-electron chi connectivity index (χ1n) is 11.7. The molecule has 0 radical (unpaired) electrons. The largest absolute Gasteiger partial charge is 0.466 e. The third-order valence-electron chi connectivity index (χ3n) is 6.26. The van der Waals surface area contributed by atoms with Gasteiger partial charge in [-0.15, -0.1) is 0 Å². The molecule has 0 aliphatic carbocycles. The molecule has 8 nitrogen and oxygen atoms in total. The molecule has 3 aromatic rings. The zero-order valence-electron chi connectivity index (χ0n) is 20.9. The molecule has 4 rings (SSSR count). The number of hydrogen-bond acceptors (Lipinski definition) is 8. The van der Waals surface area contributed by atoms with Crippen LogP contribution in [0.4, 0.5) is 5.69 Å². The van der Waals surface area contributed by atoms with Crippen LogP contribution in [-0.2, 0) is 25.5 Å². The Labute approximate surface area is 220 Å². The molecule has 1 atom stereocenters. The van der Waals surface area contributed by atoms with Gasteiger partial charge >= 0.3 is 11.9 Å². The van der Waals surface area contributed by atoms with Crippen molar-refractivity contribution >= 4 is 23.4 Å². The van der Waals surface area contributed by atoms with Gasteiger partial charge in [0, 0.05) is 12.0 Å². The van der Waals surface area contributed by atoms with Crippen LogP contribution >= 0.6 is 0 Å². The maximum absolute atomic E-state index is 13.5. The van der Waals surface area contributed by atoms with Crippen LogP contribution in [0.3, 0.4) is 0 Å². The third-order valence-corrected chi connectivity index (χ3v) is 6.26. The summed E-state index contributed by atoms with van der Waals surface area (Å²) < 4.78 is 10.1. The van der Waals surface area contributed by atoms with E-state index >= 15 is 0 Å². The van der Waals surface area contributed by atoms with Crippen LogP contribution in [0, 0.1) is 11.3 Å². The highest BCUT2D eigenvalue weighted by Crippen LogP contribution is 2.44. The van der Waals surface area contributed by atoms with Gasteiger partial charge in [-0.3, -0.25) is 9.69 Å². The number of allylic oxidation sites excluding steroid dienone is 1. The Kier molecular flexibility index (Phi) is 7.69. The van der Waals surface area contributed by atoms with Crippen LogP contribution < -0.4 is 10.6 Å². The summed E-state index contributed by atoms with van der Waals surface area (Å²) in [6, 6.07) is 26.6. The smallest absolute Gasteiger partial charge is 0.355 e. The number of ketones is 1. The summed E-state index contributed by atoms with van der Waals surface area (Å²) in [7, 11) is 2.35. The standard InChI is InChI=1S/C30H25N3O5/c1-37-29(35)26-25(20-13-7-4-8-14-20)22(18-31)28(32)33(27(26)30(36)38-2)23-16-10-9-15-21(23)24(34)17-19-11-5-3-6-12-19/h3-16,25H,17,32H2,1-2H3. The normalized spacial score (nSPS) is 15.1. The summed E-state index contributed by atoms with van der Waals surface area (Å²) in [6.07, 6.45) is 0.0915. The Balaban J connectivity index is 1.99. The van der Waals surface area contributed by atoms with Crippen molar-refractivity contribution in [2.45, 2.75) is 12.3 Å². The lowest BCUT2D eigenvalue weighted by molar-refractivity contribution is -0.139. The van der Waals surface area contributed by atoms with E-state index in [1.54, 1.807) is 54.6 Å². The number of nitriles is 1. The number of hydrogen-bond donors (Lipinski definition) is 1. The molecule has 190 valence electrons. The van der Waals surface area contributed by atoms with Gasteiger partial charge in [-0.2, -0.15) is 5.26 Å². The quantitative estimate of drug-likeness (QED) is 0.376. The highest BCUT2D eigenvalue weighted by atomic mass is 16.5. The van der Waals surface area contributed by atoms with Crippen molar-refractivity contribution in [1.82, 2.24) is 0 Å². The number of benzene rings is 3. The van der Waals surface area contributed by atoms with E-state index in [9.17, 15) is 19.6 Å². The number of methoxy groups -OCH3 is 2. The second kappa shape index (κ2) is 11.3. The van der Waals surface area contributed by atoms with E-state index in [0.717, 1.165) is 5.56 Å². The molecule has 1 unspecified atom stereocenters. The molecule has 0 spiro atoms. The van der Waals surface area contributed by atoms with Crippen molar-refractivity contribution in [2.24, 2.45) is 5.73 Å². The number of carbonyl (C=O) groups excluding carboxylic acids is 3. The van der Waals surface area contributed by atoms with Crippen molar-refractivity contribution in [3.63, 3.8) is 0 Å². The number of para-hydroxylation sites is 1. The van der Waals surface area contributed by atoms with Crippen LogP contribution in [0.15, 0.2) is 108 Å². The Morgan fingerprint density at radius 3 is 2.05 bits per heavy atom. The maximum Gasteiger partial charge on any atom is 0.355 e. The van der Waals surface area contributed by atoms with Gasteiger partial charge in [0.15, 0.2) is 5.78 Å². The van der Waals surface area contributed by atoms with Crippen LogP contribution in [-0.4, -0.2) is 31.9 Å². The highest BCUT2D eigenvalue weighted by molar-refractivity contribution is 6.09. The SMILES string of the molecule is COC(=O)C1=C(C(=O)OC)N(c2ccccc2C(=O)Cc2ccccc2)C(N)=C(C#N)C1c1ccccc1. The fourth-order valence-corrected chi connectivity index (χ4v) is 4.54. The molecule has 0 saturated carbocycles. The van der Waals surface area contributed by atoms with E-state index in [1.165, 1.54) is 19.1 Å². The topological polar surface area (TPSA) is 123 Å². The number of carbonyl (C=O) groups is 3. The highest BCUT2D eigenvalue weighted by Gasteiger charge is 2.43. The minimum absolute atomic E-state index is 0.0227. The molecule has 3 aromatic carbocycles. The fraction of sp³-hybridized carbons (Fsp3) is 0.133. The van der Waals surface area contributed by atoms with Gasteiger partial charge in [-0.05, 0) is 23.3 Å². The molecule has 1 heterocycles. The molecule has 38 heavy (non-hydrogen) atoms. The number of nitrogens with two attached hydrogens (primary N) is 1. The van der Waals surface area contributed by atoms with Gasteiger partial charge < -0.3 is 15.2 Å². The predicted molar refractivity (Wildman–Crippen MR) is 140 cm³/mol. The molecule has 0 fully saturated rings. The molecular formula is C30H25N3O5. The zero-order valence-corrected chi connectivity index (χ0v) is 20.9. The second-order valence-electron chi connectivity index (χ2n) is 8.44. The van der Waals surface area contributed by atoms with E-state index in [0.29, 0.717) is 5.56 Å². The lowest BCUT2D eigenvalue weighted by Gasteiger charge is -2.36. The van der Waals surface area contributed by atoms with Crippen LogP contribution in [0.1, 0.15) is 27.4 Å². The van der Waals surface area contributed by atoms with Gasteiger partial charge in [0.25, 0.3) is 0 Å². The molecule has 1 aliphatic heterocycles. The van der Waals surface area contributed by atoms with Crippen LogP contribution in [0.2, 0.25) is 0 Å². The van der Waals surface area contributed by atoms with E-state index < -0.39 is 17.9 Å².